The minimum Gasteiger partial charge on any atom is -0.406 e. The predicted molar refractivity (Wildman–Crippen MR) is 122 cm³/mol. The maximum Gasteiger partial charge on any atom is 0.573 e. The van der Waals surface area contributed by atoms with Crippen molar-refractivity contribution in [1.82, 2.24) is 14.8 Å². The van der Waals surface area contributed by atoms with Crippen LogP contribution < -0.4 is 4.74 Å². The molecule has 1 aliphatic heterocycles. The van der Waals surface area contributed by atoms with E-state index in [2.05, 4.69) is 21.5 Å². The van der Waals surface area contributed by atoms with Gasteiger partial charge in [-0.2, -0.15) is 0 Å². The Hall–Kier alpha value is -3.13. The maximum atomic E-state index is 13.8. The third-order valence-electron chi connectivity index (χ3n) is 7.00. The fraction of sp³-hybridized carbons (Fsp3) is 0.385. The van der Waals surface area contributed by atoms with Gasteiger partial charge in [0.25, 0.3) is 5.91 Å². The Labute approximate surface area is 196 Å². The molecule has 8 heteroatoms. The number of aromatic nitrogens is 1. The van der Waals surface area contributed by atoms with Crippen molar-refractivity contribution >= 4 is 16.8 Å². The van der Waals surface area contributed by atoms with Crippen LogP contribution in [-0.2, 0) is 6.54 Å². The number of alkyl halides is 3. The number of amides is 1. The quantitative estimate of drug-likeness (QED) is 0.490. The first-order chi connectivity index (χ1) is 16.3. The van der Waals surface area contributed by atoms with E-state index in [1.807, 2.05) is 24.3 Å². The Morgan fingerprint density at radius 3 is 2.62 bits per heavy atom. The van der Waals surface area contributed by atoms with E-state index in [1.54, 1.807) is 23.2 Å². The minimum absolute atomic E-state index is 0.141. The van der Waals surface area contributed by atoms with Crippen LogP contribution in [0.4, 0.5) is 13.2 Å². The van der Waals surface area contributed by atoms with Crippen LogP contribution >= 0.6 is 0 Å². The van der Waals surface area contributed by atoms with Crippen LogP contribution in [0.2, 0.25) is 0 Å². The summed E-state index contributed by atoms with van der Waals surface area (Å²) < 4.78 is 42.2. The SMILES string of the molecule is CCN1CC2C(C1)C2CN(Cc1cccc(OC(F)(F)F)c1)C(=O)c1ccnc2ccccc12. The molecule has 2 heterocycles. The smallest absolute Gasteiger partial charge is 0.406 e. The zero-order valence-corrected chi connectivity index (χ0v) is 18.8. The molecule has 2 fully saturated rings. The molecule has 1 amide bonds. The highest BCUT2D eigenvalue weighted by atomic mass is 19.4. The van der Waals surface area contributed by atoms with Crippen molar-refractivity contribution in [2.24, 2.45) is 17.8 Å². The average Bonchev–Trinajstić information content (AvgIpc) is 3.24. The third kappa shape index (κ3) is 4.73. The van der Waals surface area contributed by atoms with Crippen LogP contribution in [0.25, 0.3) is 10.9 Å². The lowest BCUT2D eigenvalue weighted by atomic mass is 10.1. The van der Waals surface area contributed by atoms with Crippen LogP contribution in [0.1, 0.15) is 22.8 Å². The number of carbonyl (C=O) groups is 1. The van der Waals surface area contributed by atoms with Gasteiger partial charge < -0.3 is 14.5 Å². The van der Waals surface area contributed by atoms with Crippen molar-refractivity contribution in [2.45, 2.75) is 19.8 Å². The number of rotatable bonds is 7. The number of halogens is 3. The van der Waals surface area contributed by atoms with E-state index in [1.165, 1.54) is 18.2 Å². The van der Waals surface area contributed by atoms with E-state index in [0.29, 0.717) is 35.4 Å². The summed E-state index contributed by atoms with van der Waals surface area (Å²) in [5.41, 5.74) is 1.87. The predicted octanol–water partition coefficient (Wildman–Crippen LogP) is 4.97. The second-order valence-corrected chi connectivity index (χ2v) is 9.10. The number of carbonyl (C=O) groups excluding carboxylic acids is 1. The van der Waals surface area contributed by atoms with Crippen LogP contribution in [0.5, 0.6) is 5.75 Å². The number of ether oxygens (including phenoxy) is 1. The number of fused-ring (bicyclic) bond motifs is 2. The lowest BCUT2D eigenvalue weighted by molar-refractivity contribution is -0.274. The molecule has 0 radical (unpaired) electrons. The van der Waals surface area contributed by atoms with E-state index in [0.717, 1.165) is 30.5 Å². The molecule has 3 aromatic rings. The van der Waals surface area contributed by atoms with Gasteiger partial charge in [-0.1, -0.05) is 37.3 Å². The number of hydrogen-bond acceptors (Lipinski definition) is 4. The van der Waals surface area contributed by atoms with Crippen molar-refractivity contribution in [3.8, 4) is 5.75 Å². The molecule has 2 aromatic carbocycles. The molecule has 1 saturated heterocycles. The van der Waals surface area contributed by atoms with Gasteiger partial charge in [-0.25, -0.2) is 0 Å². The van der Waals surface area contributed by atoms with E-state index in [-0.39, 0.29) is 18.2 Å². The van der Waals surface area contributed by atoms with E-state index in [4.69, 9.17) is 0 Å². The lowest BCUT2D eigenvalue weighted by Crippen LogP contribution is -2.35. The molecule has 1 aliphatic carbocycles. The number of benzene rings is 2. The molecular weight excluding hydrogens is 443 g/mol. The number of hydrogen-bond donors (Lipinski definition) is 0. The summed E-state index contributed by atoms with van der Waals surface area (Å²) in [6.45, 7) is 6.05. The molecular formula is C26H26F3N3O2. The van der Waals surface area contributed by atoms with Crippen molar-refractivity contribution in [3.05, 3.63) is 71.9 Å². The first kappa shape index (κ1) is 22.7. The van der Waals surface area contributed by atoms with Crippen LogP contribution in [0.15, 0.2) is 60.8 Å². The van der Waals surface area contributed by atoms with Gasteiger partial charge >= 0.3 is 6.36 Å². The number of piperidine rings is 1. The second kappa shape index (κ2) is 8.91. The molecule has 2 atom stereocenters. The highest BCUT2D eigenvalue weighted by molar-refractivity contribution is 6.05. The Morgan fingerprint density at radius 1 is 1.12 bits per heavy atom. The molecule has 1 aromatic heterocycles. The van der Waals surface area contributed by atoms with Gasteiger partial charge in [-0.05, 0) is 54.1 Å². The van der Waals surface area contributed by atoms with Crippen LogP contribution in [-0.4, -0.2) is 53.2 Å². The summed E-state index contributed by atoms with van der Waals surface area (Å²) in [5.74, 6) is 1.13. The second-order valence-electron chi connectivity index (χ2n) is 9.10. The Bertz CT molecular complexity index is 1180. The van der Waals surface area contributed by atoms with E-state index < -0.39 is 6.36 Å². The molecule has 0 bridgehead atoms. The average molecular weight is 470 g/mol. The van der Waals surface area contributed by atoms with Crippen molar-refractivity contribution in [1.29, 1.82) is 0 Å². The number of para-hydroxylation sites is 1. The summed E-state index contributed by atoms with van der Waals surface area (Å²) in [7, 11) is 0. The molecule has 0 N–H and O–H groups in total. The van der Waals surface area contributed by atoms with Gasteiger partial charge in [0, 0.05) is 37.8 Å². The Morgan fingerprint density at radius 2 is 1.88 bits per heavy atom. The van der Waals surface area contributed by atoms with E-state index >= 15 is 0 Å². The topological polar surface area (TPSA) is 45.7 Å². The van der Waals surface area contributed by atoms with Gasteiger partial charge in [0.1, 0.15) is 5.75 Å². The molecule has 34 heavy (non-hydrogen) atoms. The first-order valence-corrected chi connectivity index (χ1v) is 11.5. The zero-order chi connectivity index (χ0) is 23.9. The highest BCUT2D eigenvalue weighted by Gasteiger charge is 2.55. The molecule has 1 saturated carbocycles. The van der Waals surface area contributed by atoms with E-state index in [9.17, 15) is 18.0 Å². The molecule has 5 rings (SSSR count). The monoisotopic (exact) mass is 469 g/mol. The number of pyridine rings is 1. The Kier molecular flexibility index (Phi) is 5.93. The highest BCUT2D eigenvalue weighted by Crippen LogP contribution is 2.52. The fourth-order valence-corrected chi connectivity index (χ4v) is 5.25. The summed E-state index contributed by atoms with van der Waals surface area (Å²) in [6, 6.07) is 15.1. The molecule has 2 unspecified atom stereocenters. The van der Waals surface area contributed by atoms with Crippen LogP contribution in [0.3, 0.4) is 0 Å². The third-order valence-corrected chi connectivity index (χ3v) is 7.00. The molecule has 2 aliphatic rings. The maximum absolute atomic E-state index is 13.8. The van der Waals surface area contributed by atoms with Crippen molar-refractivity contribution < 1.29 is 22.7 Å². The van der Waals surface area contributed by atoms with Gasteiger partial charge in [0.05, 0.1) is 11.1 Å². The van der Waals surface area contributed by atoms with Crippen LogP contribution in [0, 0.1) is 17.8 Å². The summed E-state index contributed by atoms with van der Waals surface area (Å²) in [5, 5.41) is 0.766. The largest absolute Gasteiger partial charge is 0.573 e. The molecule has 178 valence electrons. The summed E-state index contributed by atoms with van der Waals surface area (Å²) >= 11 is 0. The standard InChI is InChI=1S/C26H26F3N3O2/c1-2-31-14-21-22(15-31)23(21)16-32(13-17-6-5-7-18(12-17)34-26(27,28)29)25(33)20-10-11-30-24-9-4-3-8-19(20)24/h3-12,21-23H,2,13-16H2,1H3. The molecule has 0 spiro atoms. The fourth-order valence-electron chi connectivity index (χ4n) is 5.25. The lowest BCUT2D eigenvalue weighted by Gasteiger charge is -2.26. The van der Waals surface area contributed by atoms with Gasteiger partial charge in [-0.15, -0.1) is 13.2 Å². The van der Waals surface area contributed by atoms with Crippen molar-refractivity contribution in [2.75, 3.05) is 26.2 Å². The normalized spacial score (nSPS) is 21.9. The number of likely N-dealkylation sites (tertiary alicyclic amines) is 1. The number of nitrogens with zero attached hydrogens (tertiary/aromatic N) is 3. The summed E-state index contributed by atoms with van der Waals surface area (Å²) in [6.07, 6.45) is -3.14. The summed E-state index contributed by atoms with van der Waals surface area (Å²) in [4.78, 5) is 22.3. The zero-order valence-electron chi connectivity index (χ0n) is 18.8. The van der Waals surface area contributed by atoms with Gasteiger partial charge in [-0.3, -0.25) is 9.78 Å². The van der Waals surface area contributed by atoms with Crippen molar-refractivity contribution in [3.63, 3.8) is 0 Å². The Balaban J connectivity index is 1.41. The molecule has 5 nitrogen and oxygen atoms in total. The minimum atomic E-state index is -4.76. The van der Waals surface area contributed by atoms with Gasteiger partial charge in [0.15, 0.2) is 0 Å². The van der Waals surface area contributed by atoms with Gasteiger partial charge in [0.2, 0.25) is 0 Å². The first-order valence-electron chi connectivity index (χ1n) is 11.5.